The first-order chi connectivity index (χ1) is 9.93. The molecule has 21 heavy (non-hydrogen) atoms. The van der Waals surface area contributed by atoms with E-state index in [1.807, 2.05) is 30.3 Å². The summed E-state index contributed by atoms with van der Waals surface area (Å²) in [6, 6.07) is 12.2. The normalized spacial score (nSPS) is 13.7. The van der Waals surface area contributed by atoms with Crippen LogP contribution in [0.3, 0.4) is 0 Å². The predicted molar refractivity (Wildman–Crippen MR) is 91.7 cm³/mol. The highest BCUT2D eigenvalue weighted by atomic mass is 79.9. The van der Waals surface area contributed by atoms with Gasteiger partial charge in [-0.15, -0.1) is 0 Å². The van der Waals surface area contributed by atoms with Gasteiger partial charge in [0.15, 0.2) is 0 Å². The van der Waals surface area contributed by atoms with Gasteiger partial charge in [-0.3, -0.25) is 4.52 Å². The minimum atomic E-state index is -3.45. The van der Waals surface area contributed by atoms with Crippen molar-refractivity contribution in [2.24, 2.45) is 0 Å². The molecular formula is C13H10BrCl2O3PS. The molecule has 112 valence electrons. The molecule has 0 aromatic heterocycles. The lowest BCUT2D eigenvalue weighted by molar-refractivity contribution is 0.342. The largest absolute Gasteiger partial charge is 0.444 e. The zero-order valence-corrected chi connectivity index (χ0v) is 15.6. The molecule has 0 saturated carbocycles. The summed E-state index contributed by atoms with van der Waals surface area (Å²) in [5, 5.41) is 0.693. The van der Waals surface area contributed by atoms with E-state index in [0.29, 0.717) is 9.50 Å². The van der Waals surface area contributed by atoms with Crippen LogP contribution in [0.15, 0.2) is 51.8 Å². The molecule has 2 rings (SSSR count). The summed E-state index contributed by atoms with van der Waals surface area (Å²) in [5.74, 6) is 0.207. The van der Waals surface area contributed by atoms with Crippen molar-refractivity contribution in [2.75, 3.05) is 7.11 Å². The predicted octanol–water partition coefficient (Wildman–Crippen LogP) is 6.68. The van der Waals surface area contributed by atoms with Crippen molar-refractivity contribution in [1.82, 2.24) is 0 Å². The summed E-state index contributed by atoms with van der Waals surface area (Å²) in [5.41, 5.74) is 0. The van der Waals surface area contributed by atoms with Crippen LogP contribution in [-0.4, -0.2) is 7.11 Å². The lowest BCUT2D eigenvalue weighted by Gasteiger charge is -2.17. The van der Waals surface area contributed by atoms with Gasteiger partial charge in [0.05, 0.1) is 10.0 Å². The van der Waals surface area contributed by atoms with Crippen molar-refractivity contribution in [1.29, 1.82) is 0 Å². The van der Waals surface area contributed by atoms with Crippen molar-refractivity contribution in [2.45, 2.75) is 4.90 Å². The average molecular weight is 428 g/mol. The van der Waals surface area contributed by atoms with Gasteiger partial charge in [-0.2, -0.15) is 0 Å². The van der Waals surface area contributed by atoms with Gasteiger partial charge in [0.1, 0.15) is 5.75 Å². The van der Waals surface area contributed by atoms with Crippen LogP contribution in [0.4, 0.5) is 0 Å². The number of hydrogen-bond acceptors (Lipinski definition) is 4. The summed E-state index contributed by atoms with van der Waals surface area (Å²) in [4.78, 5) is 0.766. The molecule has 0 aliphatic carbocycles. The van der Waals surface area contributed by atoms with E-state index >= 15 is 0 Å². The summed E-state index contributed by atoms with van der Waals surface area (Å²) in [7, 11) is 1.32. The second kappa shape index (κ2) is 7.40. The highest BCUT2D eigenvalue weighted by Gasteiger charge is 2.28. The molecule has 0 aliphatic rings. The van der Waals surface area contributed by atoms with E-state index in [1.165, 1.54) is 13.2 Å². The molecule has 0 N–H and O–H groups in total. The molecular weight excluding hydrogens is 418 g/mol. The van der Waals surface area contributed by atoms with Crippen LogP contribution in [0, 0.1) is 0 Å². The molecule has 2 aromatic carbocycles. The van der Waals surface area contributed by atoms with Crippen LogP contribution >= 0.6 is 57.3 Å². The summed E-state index contributed by atoms with van der Waals surface area (Å²) >= 11 is 16.3. The smallest absolute Gasteiger partial charge is 0.415 e. The molecule has 0 amide bonds. The minimum absolute atomic E-state index is 0.207. The maximum Gasteiger partial charge on any atom is 0.444 e. The van der Waals surface area contributed by atoms with Gasteiger partial charge in [0.2, 0.25) is 0 Å². The third kappa shape index (κ3) is 4.65. The topological polar surface area (TPSA) is 35.5 Å². The molecule has 1 atom stereocenters. The maximum absolute atomic E-state index is 12.7. The molecule has 0 fully saturated rings. The number of benzene rings is 2. The molecule has 1 unspecified atom stereocenters. The van der Waals surface area contributed by atoms with E-state index in [4.69, 9.17) is 32.2 Å². The number of rotatable bonds is 5. The summed E-state index contributed by atoms with van der Waals surface area (Å²) in [6.45, 7) is -3.45. The van der Waals surface area contributed by atoms with Gasteiger partial charge in [-0.1, -0.05) is 41.4 Å². The molecule has 0 aliphatic heterocycles. The number of hydrogen-bond donors (Lipinski definition) is 0. The molecule has 0 radical (unpaired) electrons. The lowest BCUT2D eigenvalue weighted by atomic mass is 10.3. The van der Waals surface area contributed by atoms with E-state index in [2.05, 4.69) is 15.9 Å². The third-order valence-corrected chi connectivity index (χ3v) is 7.41. The molecule has 0 heterocycles. The fourth-order valence-electron chi connectivity index (χ4n) is 1.40. The Hall–Kier alpha value is -0.160. The first kappa shape index (κ1) is 17.2. The van der Waals surface area contributed by atoms with Gasteiger partial charge in [0, 0.05) is 33.9 Å². The molecule has 8 heteroatoms. The number of halogens is 3. The van der Waals surface area contributed by atoms with Crippen LogP contribution in [0.1, 0.15) is 0 Å². The second-order valence-corrected chi connectivity index (χ2v) is 9.48. The van der Waals surface area contributed by atoms with E-state index in [-0.39, 0.29) is 10.8 Å². The molecule has 3 nitrogen and oxygen atoms in total. The first-order valence-corrected chi connectivity index (χ1v) is 10.2. The van der Waals surface area contributed by atoms with E-state index in [0.717, 1.165) is 16.3 Å². The molecule has 2 aromatic rings. The fourth-order valence-corrected chi connectivity index (χ4v) is 5.11. The zero-order valence-electron chi connectivity index (χ0n) is 10.8. The van der Waals surface area contributed by atoms with Gasteiger partial charge in [-0.05, 0) is 34.1 Å². The first-order valence-electron chi connectivity index (χ1n) is 5.68. The van der Waals surface area contributed by atoms with Gasteiger partial charge in [-0.25, -0.2) is 4.57 Å². The third-order valence-electron chi connectivity index (χ3n) is 2.37. The molecule has 0 spiro atoms. The summed E-state index contributed by atoms with van der Waals surface area (Å²) < 4.78 is 23.8. The second-order valence-electron chi connectivity index (χ2n) is 3.82. The maximum atomic E-state index is 12.7. The monoisotopic (exact) mass is 426 g/mol. The van der Waals surface area contributed by atoms with E-state index in [9.17, 15) is 4.57 Å². The van der Waals surface area contributed by atoms with Gasteiger partial charge in [0.25, 0.3) is 0 Å². The Labute approximate surface area is 145 Å². The Morgan fingerprint density at radius 3 is 2.43 bits per heavy atom. The van der Waals surface area contributed by atoms with Crippen molar-refractivity contribution >= 4 is 57.3 Å². The van der Waals surface area contributed by atoms with Crippen molar-refractivity contribution in [3.63, 3.8) is 0 Å². The Morgan fingerprint density at radius 2 is 1.81 bits per heavy atom. The zero-order chi connectivity index (χ0) is 15.5. The lowest BCUT2D eigenvalue weighted by Crippen LogP contribution is -1.93. The Morgan fingerprint density at radius 1 is 1.14 bits per heavy atom. The van der Waals surface area contributed by atoms with Crippen molar-refractivity contribution in [3.05, 3.63) is 57.0 Å². The van der Waals surface area contributed by atoms with Gasteiger partial charge >= 0.3 is 6.80 Å². The fraction of sp³-hybridized carbons (Fsp3) is 0.0769. The van der Waals surface area contributed by atoms with E-state index in [1.54, 1.807) is 6.07 Å². The molecule has 0 saturated heterocycles. The standard InChI is InChI=1S/C13H10BrCl2O3PS/c1-18-20(17,21-9-5-3-2-4-6-9)19-13-8-11(15)10(14)7-12(13)16/h2-8H,1H3. The van der Waals surface area contributed by atoms with Crippen LogP contribution < -0.4 is 4.52 Å². The summed E-state index contributed by atoms with van der Waals surface area (Å²) in [6.07, 6.45) is 0. The Bertz CT molecular complexity index is 685. The van der Waals surface area contributed by atoms with Crippen LogP contribution in [0.25, 0.3) is 0 Å². The molecule has 0 bridgehead atoms. The highest BCUT2D eigenvalue weighted by Crippen LogP contribution is 2.63. The SMILES string of the molecule is COP(=O)(Oc1cc(Cl)c(Br)cc1Cl)Sc1ccccc1. The van der Waals surface area contributed by atoms with Crippen molar-refractivity contribution in [3.8, 4) is 5.75 Å². The van der Waals surface area contributed by atoms with Crippen LogP contribution in [0.5, 0.6) is 5.75 Å². The quantitative estimate of drug-likeness (QED) is 0.393. The van der Waals surface area contributed by atoms with Crippen LogP contribution in [-0.2, 0) is 9.09 Å². The highest BCUT2D eigenvalue weighted by molar-refractivity contribution is 9.10. The van der Waals surface area contributed by atoms with Gasteiger partial charge < -0.3 is 4.52 Å². The Kier molecular flexibility index (Phi) is 6.06. The average Bonchev–Trinajstić information content (AvgIpc) is 2.46. The Balaban J connectivity index is 2.26. The van der Waals surface area contributed by atoms with E-state index < -0.39 is 6.80 Å². The minimum Gasteiger partial charge on any atom is -0.415 e. The van der Waals surface area contributed by atoms with Crippen molar-refractivity contribution < 1.29 is 13.6 Å². The van der Waals surface area contributed by atoms with Crippen LogP contribution in [0.2, 0.25) is 10.0 Å².